The van der Waals surface area contributed by atoms with Gasteiger partial charge in [0.2, 0.25) is 0 Å². The highest BCUT2D eigenvalue weighted by Crippen LogP contribution is 2.15. The Morgan fingerprint density at radius 1 is 1.17 bits per heavy atom. The van der Waals surface area contributed by atoms with Gasteiger partial charge >= 0.3 is 0 Å². The Bertz CT molecular complexity index is 916. The molecule has 0 aliphatic rings. The lowest BCUT2D eigenvalue weighted by molar-refractivity contribution is 0.102. The molecule has 23 heavy (non-hydrogen) atoms. The van der Waals surface area contributed by atoms with Crippen LogP contribution < -0.4 is 10.9 Å². The van der Waals surface area contributed by atoms with Crippen LogP contribution in [0.5, 0.6) is 0 Å². The van der Waals surface area contributed by atoms with Crippen molar-refractivity contribution in [1.82, 2.24) is 14.8 Å². The molecule has 1 amide bonds. The first-order valence-electron chi connectivity index (χ1n) is 6.53. The minimum atomic E-state index is -0.362. The number of benzene rings is 1. The fraction of sp³-hybridized carbons (Fsp3) is 0. The van der Waals surface area contributed by atoms with Gasteiger partial charge in [0, 0.05) is 22.4 Å². The summed E-state index contributed by atoms with van der Waals surface area (Å²) in [7, 11) is 0. The molecular weight excluding hydrogens is 428 g/mol. The lowest BCUT2D eigenvalue weighted by Crippen LogP contribution is -2.19. The van der Waals surface area contributed by atoms with Crippen molar-refractivity contribution in [3.63, 3.8) is 0 Å². The fourth-order valence-electron chi connectivity index (χ4n) is 1.95. The fourth-order valence-corrected chi connectivity index (χ4v) is 2.58. The normalized spacial score (nSPS) is 10.5. The van der Waals surface area contributed by atoms with Gasteiger partial charge in [-0.3, -0.25) is 9.59 Å². The van der Waals surface area contributed by atoms with Gasteiger partial charge in [-0.25, -0.2) is 4.68 Å². The molecule has 1 aromatic carbocycles. The molecule has 0 aliphatic heterocycles. The molecule has 0 radical (unpaired) electrons. The summed E-state index contributed by atoms with van der Waals surface area (Å²) in [4.78, 5) is 26.4. The van der Waals surface area contributed by atoms with E-state index < -0.39 is 0 Å². The zero-order valence-corrected chi connectivity index (χ0v) is 14.8. The third kappa shape index (κ3) is 3.59. The van der Waals surface area contributed by atoms with Gasteiger partial charge in [0.15, 0.2) is 0 Å². The van der Waals surface area contributed by atoms with Gasteiger partial charge in [0.25, 0.3) is 11.5 Å². The first kappa shape index (κ1) is 15.7. The van der Waals surface area contributed by atoms with Crippen LogP contribution in [0.2, 0.25) is 0 Å². The van der Waals surface area contributed by atoms with E-state index in [0.717, 1.165) is 10.2 Å². The number of rotatable bonds is 3. The van der Waals surface area contributed by atoms with Gasteiger partial charge in [0.05, 0.1) is 16.4 Å². The summed E-state index contributed by atoms with van der Waals surface area (Å²) in [5, 5.41) is 6.76. The second-order valence-electron chi connectivity index (χ2n) is 4.66. The number of carbonyl (C=O) groups is 1. The lowest BCUT2D eigenvalue weighted by Gasteiger charge is -2.06. The first-order valence-corrected chi connectivity index (χ1v) is 8.12. The number of H-pyrrole nitrogens is 1. The van der Waals surface area contributed by atoms with E-state index in [4.69, 9.17) is 0 Å². The first-order chi connectivity index (χ1) is 11.0. The number of aromatic amines is 1. The van der Waals surface area contributed by atoms with E-state index in [1.165, 1.54) is 6.20 Å². The highest BCUT2D eigenvalue weighted by atomic mass is 79.9. The van der Waals surface area contributed by atoms with Crippen LogP contribution in [0.25, 0.3) is 5.69 Å². The molecule has 0 fully saturated rings. The van der Waals surface area contributed by atoms with Crippen LogP contribution in [0.4, 0.5) is 5.69 Å². The molecule has 2 aromatic heterocycles. The van der Waals surface area contributed by atoms with Crippen molar-refractivity contribution in [2.75, 3.05) is 5.32 Å². The van der Waals surface area contributed by atoms with Crippen molar-refractivity contribution < 1.29 is 4.79 Å². The van der Waals surface area contributed by atoms with Crippen molar-refractivity contribution in [2.45, 2.75) is 0 Å². The molecular formula is C15H10Br2N4O2. The number of pyridine rings is 1. The summed E-state index contributed by atoms with van der Waals surface area (Å²) in [6, 6.07) is 8.45. The number of anilines is 1. The van der Waals surface area contributed by atoms with E-state index in [2.05, 4.69) is 47.3 Å². The van der Waals surface area contributed by atoms with Crippen molar-refractivity contribution in [2.24, 2.45) is 0 Å². The molecule has 0 atom stereocenters. The second kappa shape index (κ2) is 6.51. The van der Waals surface area contributed by atoms with Crippen LogP contribution >= 0.6 is 31.9 Å². The highest BCUT2D eigenvalue weighted by molar-refractivity contribution is 9.10. The molecule has 0 saturated heterocycles. The monoisotopic (exact) mass is 436 g/mol. The lowest BCUT2D eigenvalue weighted by atomic mass is 10.2. The average Bonchev–Trinajstić information content (AvgIpc) is 2.97. The molecule has 8 heteroatoms. The molecule has 0 saturated carbocycles. The van der Waals surface area contributed by atoms with E-state index in [1.807, 2.05) is 6.20 Å². The van der Waals surface area contributed by atoms with Crippen LogP contribution in [0, 0.1) is 0 Å². The summed E-state index contributed by atoms with van der Waals surface area (Å²) < 4.78 is 3.23. The quantitative estimate of drug-likeness (QED) is 0.659. The molecule has 2 heterocycles. The Labute approximate surface area is 147 Å². The summed E-state index contributed by atoms with van der Waals surface area (Å²) in [5.74, 6) is -0.359. The second-order valence-corrected chi connectivity index (χ2v) is 6.50. The number of aromatic nitrogens is 3. The summed E-state index contributed by atoms with van der Waals surface area (Å²) >= 11 is 6.58. The number of hydrogen-bond acceptors (Lipinski definition) is 3. The summed E-state index contributed by atoms with van der Waals surface area (Å²) in [6.07, 6.45) is 5.01. The number of halogens is 2. The maximum atomic E-state index is 12.2. The van der Waals surface area contributed by atoms with E-state index >= 15 is 0 Å². The van der Waals surface area contributed by atoms with Crippen LogP contribution in [0.15, 0.2) is 62.7 Å². The molecule has 0 spiro atoms. The van der Waals surface area contributed by atoms with Gasteiger partial charge in [-0.2, -0.15) is 5.10 Å². The van der Waals surface area contributed by atoms with E-state index in [-0.39, 0.29) is 17.2 Å². The Morgan fingerprint density at radius 3 is 2.57 bits per heavy atom. The SMILES string of the molecule is O=C(Nc1cc(Br)c[nH]c1=O)c1ccc(-n2cc(Br)cn2)cc1. The average molecular weight is 438 g/mol. The zero-order chi connectivity index (χ0) is 16.4. The Hall–Kier alpha value is -2.19. The van der Waals surface area contributed by atoms with Crippen molar-refractivity contribution in [3.05, 3.63) is 73.8 Å². The van der Waals surface area contributed by atoms with Crippen molar-refractivity contribution in [1.29, 1.82) is 0 Å². The maximum absolute atomic E-state index is 12.2. The topological polar surface area (TPSA) is 79.8 Å². The smallest absolute Gasteiger partial charge is 0.271 e. The predicted molar refractivity (Wildman–Crippen MR) is 94.0 cm³/mol. The number of nitrogens with one attached hydrogen (secondary N) is 2. The predicted octanol–water partition coefficient (Wildman–Crippen LogP) is 3.34. The van der Waals surface area contributed by atoms with E-state index in [1.54, 1.807) is 41.2 Å². The Morgan fingerprint density at radius 2 is 1.91 bits per heavy atom. The zero-order valence-electron chi connectivity index (χ0n) is 11.6. The Kier molecular flexibility index (Phi) is 4.44. The summed E-state index contributed by atoms with van der Waals surface area (Å²) in [5.41, 5.74) is 1.09. The third-order valence-electron chi connectivity index (χ3n) is 3.06. The maximum Gasteiger partial charge on any atom is 0.271 e. The largest absolute Gasteiger partial charge is 0.326 e. The molecule has 6 nitrogen and oxygen atoms in total. The summed E-state index contributed by atoms with van der Waals surface area (Å²) in [6.45, 7) is 0. The van der Waals surface area contributed by atoms with Crippen LogP contribution in [0.3, 0.4) is 0 Å². The molecule has 0 aliphatic carbocycles. The number of hydrogen-bond donors (Lipinski definition) is 2. The standard InChI is InChI=1S/C15H10Br2N4O2/c16-10-5-13(15(23)18-6-10)20-14(22)9-1-3-12(4-2-9)21-8-11(17)7-19-21/h1-8H,(H,18,23)(H,20,22). The van der Waals surface area contributed by atoms with Crippen molar-refractivity contribution >= 4 is 43.5 Å². The third-order valence-corrected chi connectivity index (χ3v) is 3.93. The van der Waals surface area contributed by atoms with Crippen LogP contribution in [-0.2, 0) is 0 Å². The molecule has 3 rings (SSSR count). The van der Waals surface area contributed by atoms with Crippen LogP contribution in [-0.4, -0.2) is 20.7 Å². The van der Waals surface area contributed by atoms with Gasteiger partial charge in [-0.15, -0.1) is 0 Å². The van der Waals surface area contributed by atoms with E-state index in [0.29, 0.717) is 10.0 Å². The van der Waals surface area contributed by atoms with E-state index in [9.17, 15) is 9.59 Å². The minimum absolute atomic E-state index is 0.185. The van der Waals surface area contributed by atoms with Gasteiger partial charge < -0.3 is 10.3 Å². The number of nitrogens with zero attached hydrogens (tertiary/aromatic N) is 2. The molecule has 0 unspecified atom stereocenters. The highest BCUT2D eigenvalue weighted by Gasteiger charge is 2.09. The number of amides is 1. The minimum Gasteiger partial charge on any atom is -0.326 e. The van der Waals surface area contributed by atoms with Crippen LogP contribution in [0.1, 0.15) is 10.4 Å². The molecule has 0 bridgehead atoms. The number of carbonyl (C=O) groups excluding carboxylic acids is 1. The van der Waals surface area contributed by atoms with Gasteiger partial charge in [-0.1, -0.05) is 0 Å². The van der Waals surface area contributed by atoms with Gasteiger partial charge in [0.1, 0.15) is 5.69 Å². The van der Waals surface area contributed by atoms with Crippen molar-refractivity contribution in [3.8, 4) is 5.69 Å². The van der Waals surface area contributed by atoms with Gasteiger partial charge in [-0.05, 0) is 62.2 Å². The molecule has 3 aromatic rings. The molecule has 116 valence electrons. The molecule has 2 N–H and O–H groups in total. The Balaban J connectivity index is 1.80.